The number of carbonyl (C=O) groups excluding carboxylic acids is 1. The maximum atomic E-state index is 13.4. The minimum Gasteiger partial charge on any atom is -0.489 e. The molecule has 4 aromatic rings. The standard InChI is InChI=1S/C29H24Cl3N3O4S/c30-23-11-15-25(16-12-23)40(37,38)35(18-26-27(31)7-4-8-28(26)32)19-29(36)34-33-17-21-9-13-24(14-10-21)39-20-22-5-2-1-3-6-22/h1-17H,18-20H2,(H,34,36)/b33-17-. The first kappa shape index (κ1) is 29.6. The highest BCUT2D eigenvalue weighted by Gasteiger charge is 2.28. The molecule has 0 saturated carbocycles. The van der Waals surface area contributed by atoms with Gasteiger partial charge in [0.15, 0.2) is 0 Å². The van der Waals surface area contributed by atoms with E-state index in [0.29, 0.717) is 28.5 Å². The molecule has 11 heteroatoms. The number of ether oxygens (including phenoxy) is 1. The lowest BCUT2D eigenvalue weighted by atomic mass is 10.2. The molecule has 0 radical (unpaired) electrons. The van der Waals surface area contributed by atoms with E-state index in [0.717, 1.165) is 9.87 Å². The van der Waals surface area contributed by atoms with Gasteiger partial charge in [0.1, 0.15) is 12.4 Å². The highest BCUT2D eigenvalue weighted by molar-refractivity contribution is 7.89. The number of halogens is 3. The van der Waals surface area contributed by atoms with Crippen molar-refractivity contribution in [3.63, 3.8) is 0 Å². The van der Waals surface area contributed by atoms with Gasteiger partial charge in [0, 0.05) is 27.2 Å². The molecule has 0 aliphatic heterocycles. The molecule has 0 unspecified atom stereocenters. The zero-order valence-electron chi connectivity index (χ0n) is 21.0. The normalized spacial score (nSPS) is 11.6. The highest BCUT2D eigenvalue weighted by Crippen LogP contribution is 2.28. The van der Waals surface area contributed by atoms with Crippen LogP contribution in [0.3, 0.4) is 0 Å². The molecular formula is C29H24Cl3N3O4S. The van der Waals surface area contributed by atoms with Gasteiger partial charge < -0.3 is 4.74 Å². The minimum atomic E-state index is -4.12. The van der Waals surface area contributed by atoms with Crippen LogP contribution in [0.5, 0.6) is 5.75 Å². The zero-order valence-corrected chi connectivity index (χ0v) is 24.1. The number of nitrogens with zero attached hydrogens (tertiary/aromatic N) is 2. The van der Waals surface area contributed by atoms with Crippen LogP contribution in [0.25, 0.3) is 0 Å². The molecule has 1 amide bonds. The van der Waals surface area contributed by atoms with Gasteiger partial charge in [-0.3, -0.25) is 4.79 Å². The van der Waals surface area contributed by atoms with Crippen molar-refractivity contribution in [3.8, 4) is 5.75 Å². The SMILES string of the molecule is O=C(CN(Cc1c(Cl)cccc1Cl)S(=O)(=O)c1ccc(Cl)cc1)N/N=C\c1ccc(OCc2ccccc2)cc1. The van der Waals surface area contributed by atoms with Gasteiger partial charge in [-0.25, -0.2) is 13.8 Å². The van der Waals surface area contributed by atoms with Gasteiger partial charge >= 0.3 is 0 Å². The molecular weight excluding hydrogens is 593 g/mol. The molecule has 4 aromatic carbocycles. The third kappa shape index (κ3) is 8.06. The maximum absolute atomic E-state index is 13.4. The average Bonchev–Trinajstić information content (AvgIpc) is 2.95. The Morgan fingerprint density at radius 3 is 2.15 bits per heavy atom. The number of benzene rings is 4. The Hall–Kier alpha value is -3.40. The summed E-state index contributed by atoms with van der Waals surface area (Å²) in [6.45, 7) is -0.319. The minimum absolute atomic E-state index is 0.0362. The lowest BCUT2D eigenvalue weighted by molar-refractivity contribution is -0.121. The fraction of sp³-hybridized carbons (Fsp3) is 0.103. The van der Waals surface area contributed by atoms with E-state index in [1.165, 1.54) is 30.5 Å². The van der Waals surface area contributed by atoms with Crippen molar-refractivity contribution in [1.82, 2.24) is 9.73 Å². The smallest absolute Gasteiger partial charge is 0.255 e. The van der Waals surface area contributed by atoms with E-state index in [4.69, 9.17) is 39.5 Å². The summed E-state index contributed by atoms with van der Waals surface area (Å²) in [5.41, 5.74) is 4.51. The van der Waals surface area contributed by atoms with Crippen LogP contribution in [-0.4, -0.2) is 31.4 Å². The van der Waals surface area contributed by atoms with Crippen LogP contribution in [-0.2, 0) is 28.0 Å². The Morgan fingerprint density at radius 1 is 0.850 bits per heavy atom. The quantitative estimate of drug-likeness (QED) is 0.153. The van der Waals surface area contributed by atoms with E-state index in [1.807, 2.05) is 30.3 Å². The van der Waals surface area contributed by atoms with Crippen molar-refractivity contribution in [2.45, 2.75) is 18.0 Å². The topological polar surface area (TPSA) is 88.1 Å². The molecule has 40 heavy (non-hydrogen) atoms. The summed E-state index contributed by atoms with van der Waals surface area (Å²) < 4.78 is 33.6. The van der Waals surface area contributed by atoms with Gasteiger partial charge in [0.05, 0.1) is 17.7 Å². The number of hydrazone groups is 1. The van der Waals surface area contributed by atoms with E-state index in [1.54, 1.807) is 42.5 Å². The van der Waals surface area contributed by atoms with Crippen LogP contribution in [0.4, 0.5) is 0 Å². The van der Waals surface area contributed by atoms with Crippen molar-refractivity contribution < 1.29 is 17.9 Å². The second-order valence-electron chi connectivity index (χ2n) is 8.56. The summed E-state index contributed by atoms with van der Waals surface area (Å²) in [4.78, 5) is 12.7. The van der Waals surface area contributed by atoms with Crippen molar-refractivity contribution in [3.05, 3.63) is 129 Å². The first-order valence-electron chi connectivity index (χ1n) is 12.0. The molecule has 0 bridgehead atoms. The Morgan fingerprint density at radius 2 is 1.50 bits per heavy atom. The Kier molecular flexibility index (Phi) is 10.2. The molecule has 4 rings (SSSR count). The summed E-state index contributed by atoms with van der Waals surface area (Å²) in [5, 5.41) is 4.90. The molecule has 0 heterocycles. The lowest BCUT2D eigenvalue weighted by Gasteiger charge is -2.22. The number of hydrogen-bond acceptors (Lipinski definition) is 5. The molecule has 206 valence electrons. The van der Waals surface area contributed by atoms with Crippen LogP contribution >= 0.6 is 34.8 Å². The second kappa shape index (κ2) is 13.8. The van der Waals surface area contributed by atoms with E-state index < -0.39 is 22.5 Å². The third-order valence-corrected chi connectivity index (χ3v) is 8.46. The third-order valence-electron chi connectivity index (χ3n) is 5.70. The Balaban J connectivity index is 1.42. The molecule has 0 fully saturated rings. The fourth-order valence-electron chi connectivity index (χ4n) is 3.61. The number of hydrogen-bond donors (Lipinski definition) is 1. The first-order chi connectivity index (χ1) is 19.2. The summed E-state index contributed by atoms with van der Waals surface area (Å²) in [5.74, 6) is 0.0334. The van der Waals surface area contributed by atoms with Crippen molar-refractivity contribution in [2.24, 2.45) is 5.10 Å². The van der Waals surface area contributed by atoms with Gasteiger partial charge in [0.25, 0.3) is 5.91 Å². The number of sulfonamides is 1. The first-order valence-corrected chi connectivity index (χ1v) is 14.6. The van der Waals surface area contributed by atoms with E-state index in [9.17, 15) is 13.2 Å². The second-order valence-corrected chi connectivity index (χ2v) is 11.8. The maximum Gasteiger partial charge on any atom is 0.255 e. The Bertz CT molecular complexity index is 1560. The van der Waals surface area contributed by atoms with Crippen LogP contribution in [0.1, 0.15) is 16.7 Å². The zero-order chi connectivity index (χ0) is 28.5. The van der Waals surface area contributed by atoms with Crippen molar-refractivity contribution in [1.29, 1.82) is 0 Å². The average molecular weight is 617 g/mol. The summed E-state index contributed by atoms with van der Waals surface area (Å²) in [6, 6.07) is 27.4. The van der Waals surface area contributed by atoms with Gasteiger partial charge in [-0.1, -0.05) is 71.2 Å². The molecule has 0 aromatic heterocycles. The van der Waals surface area contributed by atoms with E-state index >= 15 is 0 Å². The summed E-state index contributed by atoms with van der Waals surface area (Å²) >= 11 is 18.5. The molecule has 0 aliphatic carbocycles. The van der Waals surface area contributed by atoms with Crippen molar-refractivity contribution in [2.75, 3.05) is 6.54 Å². The molecule has 1 N–H and O–H groups in total. The van der Waals surface area contributed by atoms with Gasteiger partial charge in [-0.05, 0) is 71.8 Å². The van der Waals surface area contributed by atoms with Gasteiger partial charge in [0.2, 0.25) is 10.0 Å². The molecule has 0 spiro atoms. The van der Waals surface area contributed by atoms with E-state index in [-0.39, 0.29) is 21.5 Å². The van der Waals surface area contributed by atoms with Crippen LogP contribution in [0, 0.1) is 0 Å². The number of carbonyl (C=O) groups is 1. The highest BCUT2D eigenvalue weighted by atomic mass is 35.5. The number of rotatable bonds is 11. The monoisotopic (exact) mass is 615 g/mol. The number of amides is 1. The summed E-state index contributed by atoms with van der Waals surface area (Å²) in [6.07, 6.45) is 1.45. The molecule has 0 atom stereocenters. The summed E-state index contributed by atoms with van der Waals surface area (Å²) in [7, 11) is -4.12. The van der Waals surface area contributed by atoms with Crippen LogP contribution in [0.2, 0.25) is 15.1 Å². The molecule has 7 nitrogen and oxygen atoms in total. The van der Waals surface area contributed by atoms with Gasteiger partial charge in [-0.15, -0.1) is 0 Å². The van der Waals surface area contributed by atoms with Crippen LogP contribution < -0.4 is 10.2 Å². The Labute approximate surface area is 248 Å². The lowest BCUT2D eigenvalue weighted by Crippen LogP contribution is -2.39. The molecule has 0 aliphatic rings. The van der Waals surface area contributed by atoms with E-state index in [2.05, 4.69) is 10.5 Å². The van der Waals surface area contributed by atoms with Crippen LogP contribution in [0.15, 0.2) is 107 Å². The predicted molar refractivity (Wildman–Crippen MR) is 158 cm³/mol. The predicted octanol–water partition coefficient (Wildman–Crippen LogP) is 6.57. The fourth-order valence-corrected chi connectivity index (χ4v) is 5.61. The number of nitrogens with one attached hydrogen (secondary N) is 1. The molecule has 0 saturated heterocycles. The largest absolute Gasteiger partial charge is 0.489 e. The van der Waals surface area contributed by atoms with Crippen molar-refractivity contribution >= 4 is 56.9 Å². The van der Waals surface area contributed by atoms with Gasteiger partial charge in [-0.2, -0.15) is 9.41 Å².